The highest BCUT2D eigenvalue weighted by Gasteiger charge is 2.13. The molecule has 0 aromatic carbocycles. The molecule has 0 aromatic heterocycles. The fourth-order valence-electron chi connectivity index (χ4n) is 1.39. The van der Waals surface area contributed by atoms with Gasteiger partial charge in [0.15, 0.2) is 0 Å². The normalized spacial score (nSPS) is 13.3. The third-order valence-electron chi connectivity index (χ3n) is 2.48. The zero-order valence-electron chi connectivity index (χ0n) is 9.47. The molecule has 0 bridgehead atoms. The molecule has 0 aliphatic heterocycles. The van der Waals surface area contributed by atoms with E-state index in [1.54, 1.807) is 0 Å². The monoisotopic (exact) mass is 185 g/mol. The number of Topliss-reactive ketones (excluding diaryl/α,β-unsaturated/α-hetero) is 1. The number of hydrogen-bond donors (Lipinski definition) is 0. The first kappa shape index (κ1) is 12.6. The zero-order chi connectivity index (χ0) is 10.3. The summed E-state index contributed by atoms with van der Waals surface area (Å²) in [6.45, 7) is 4.13. The average Bonchev–Trinajstić information content (AvgIpc) is 2.11. The Balaban J connectivity index is 3.87. The standard InChI is InChI=1S/C11H23NO/c1-5-7-8-10(12(3)4)9-11(13)6-2/h10H,5-9H2,1-4H3. The van der Waals surface area contributed by atoms with Crippen LogP contribution < -0.4 is 0 Å². The Morgan fingerprint density at radius 3 is 2.31 bits per heavy atom. The molecule has 78 valence electrons. The molecule has 2 nitrogen and oxygen atoms in total. The van der Waals surface area contributed by atoms with E-state index in [0.717, 1.165) is 12.8 Å². The first-order valence-electron chi connectivity index (χ1n) is 5.29. The summed E-state index contributed by atoms with van der Waals surface area (Å²) in [5, 5.41) is 0. The maximum Gasteiger partial charge on any atom is 0.134 e. The van der Waals surface area contributed by atoms with Crippen LogP contribution >= 0.6 is 0 Å². The topological polar surface area (TPSA) is 20.3 Å². The predicted octanol–water partition coefficient (Wildman–Crippen LogP) is 2.48. The van der Waals surface area contributed by atoms with Gasteiger partial charge in [0.25, 0.3) is 0 Å². The van der Waals surface area contributed by atoms with E-state index in [4.69, 9.17) is 0 Å². The minimum absolute atomic E-state index is 0.384. The van der Waals surface area contributed by atoms with Crippen molar-refractivity contribution in [1.82, 2.24) is 4.90 Å². The summed E-state index contributed by atoms with van der Waals surface area (Å²) in [5.41, 5.74) is 0. The van der Waals surface area contributed by atoms with Gasteiger partial charge in [0.05, 0.1) is 0 Å². The Kier molecular flexibility index (Phi) is 6.87. The number of rotatable bonds is 7. The van der Waals surface area contributed by atoms with Gasteiger partial charge in [0.2, 0.25) is 0 Å². The van der Waals surface area contributed by atoms with Crippen LogP contribution in [0.3, 0.4) is 0 Å². The highest BCUT2D eigenvalue weighted by atomic mass is 16.1. The van der Waals surface area contributed by atoms with E-state index in [-0.39, 0.29) is 0 Å². The van der Waals surface area contributed by atoms with Crippen LogP contribution in [-0.4, -0.2) is 30.8 Å². The summed E-state index contributed by atoms with van der Waals surface area (Å²) >= 11 is 0. The van der Waals surface area contributed by atoms with Gasteiger partial charge in [-0.2, -0.15) is 0 Å². The van der Waals surface area contributed by atoms with Crippen LogP contribution in [0.25, 0.3) is 0 Å². The molecule has 0 radical (unpaired) electrons. The molecule has 0 aliphatic carbocycles. The Labute approximate surface area is 82.3 Å². The molecule has 0 fully saturated rings. The second-order valence-electron chi connectivity index (χ2n) is 3.86. The van der Waals surface area contributed by atoms with Gasteiger partial charge in [-0.25, -0.2) is 0 Å². The molecule has 0 spiro atoms. The van der Waals surface area contributed by atoms with Gasteiger partial charge in [0, 0.05) is 18.9 Å². The number of nitrogens with zero attached hydrogens (tertiary/aromatic N) is 1. The zero-order valence-corrected chi connectivity index (χ0v) is 9.47. The molecular weight excluding hydrogens is 162 g/mol. The van der Waals surface area contributed by atoms with Crippen LogP contribution in [0.5, 0.6) is 0 Å². The van der Waals surface area contributed by atoms with E-state index in [0.29, 0.717) is 18.2 Å². The molecule has 0 saturated heterocycles. The Morgan fingerprint density at radius 1 is 1.31 bits per heavy atom. The van der Waals surface area contributed by atoms with Gasteiger partial charge in [-0.15, -0.1) is 0 Å². The summed E-state index contributed by atoms with van der Waals surface area (Å²) in [6, 6.07) is 0.451. The second-order valence-corrected chi connectivity index (χ2v) is 3.86. The Bertz CT molecular complexity index is 143. The largest absolute Gasteiger partial charge is 0.306 e. The van der Waals surface area contributed by atoms with Crippen LogP contribution in [0.15, 0.2) is 0 Å². The number of hydrogen-bond acceptors (Lipinski definition) is 2. The SMILES string of the molecule is CCCCC(CC(=O)CC)N(C)C. The molecule has 0 saturated carbocycles. The Hall–Kier alpha value is -0.370. The van der Waals surface area contributed by atoms with Crippen molar-refractivity contribution >= 4 is 5.78 Å². The van der Waals surface area contributed by atoms with Gasteiger partial charge in [-0.3, -0.25) is 4.79 Å². The van der Waals surface area contributed by atoms with E-state index >= 15 is 0 Å². The van der Waals surface area contributed by atoms with Crippen LogP contribution in [0.2, 0.25) is 0 Å². The molecule has 0 aromatic rings. The smallest absolute Gasteiger partial charge is 0.134 e. The first-order chi connectivity index (χ1) is 6.11. The van der Waals surface area contributed by atoms with Crippen molar-refractivity contribution in [1.29, 1.82) is 0 Å². The van der Waals surface area contributed by atoms with Crippen molar-refractivity contribution in [2.75, 3.05) is 14.1 Å². The van der Waals surface area contributed by atoms with Crippen LogP contribution in [0.4, 0.5) is 0 Å². The third kappa shape index (κ3) is 5.81. The molecular formula is C11H23NO. The third-order valence-corrected chi connectivity index (χ3v) is 2.48. The van der Waals surface area contributed by atoms with Crippen LogP contribution in [0, 0.1) is 0 Å². The van der Waals surface area contributed by atoms with Crippen LogP contribution in [-0.2, 0) is 4.79 Å². The van der Waals surface area contributed by atoms with Gasteiger partial charge in [-0.05, 0) is 20.5 Å². The summed E-state index contributed by atoms with van der Waals surface area (Å²) in [4.78, 5) is 13.4. The average molecular weight is 185 g/mol. The fourth-order valence-corrected chi connectivity index (χ4v) is 1.39. The maximum absolute atomic E-state index is 11.3. The lowest BCUT2D eigenvalue weighted by Crippen LogP contribution is -2.30. The van der Waals surface area contributed by atoms with E-state index in [1.807, 2.05) is 6.92 Å². The van der Waals surface area contributed by atoms with Crippen LogP contribution in [0.1, 0.15) is 46.0 Å². The highest BCUT2D eigenvalue weighted by Crippen LogP contribution is 2.10. The molecule has 0 aliphatic rings. The summed E-state index contributed by atoms with van der Waals surface area (Å²) in [6.07, 6.45) is 4.99. The minimum Gasteiger partial charge on any atom is -0.306 e. The van der Waals surface area contributed by atoms with Gasteiger partial charge in [-0.1, -0.05) is 26.7 Å². The number of unbranched alkanes of at least 4 members (excludes halogenated alkanes) is 1. The molecule has 0 N–H and O–H groups in total. The summed E-state index contributed by atoms with van der Waals surface area (Å²) < 4.78 is 0. The fraction of sp³-hybridized carbons (Fsp3) is 0.909. The van der Waals surface area contributed by atoms with E-state index < -0.39 is 0 Å². The molecule has 1 unspecified atom stereocenters. The first-order valence-corrected chi connectivity index (χ1v) is 5.29. The number of carbonyl (C=O) groups is 1. The number of ketones is 1. The van der Waals surface area contributed by atoms with Crippen molar-refractivity contribution in [2.24, 2.45) is 0 Å². The maximum atomic E-state index is 11.3. The second kappa shape index (κ2) is 7.07. The van der Waals surface area contributed by atoms with E-state index in [2.05, 4.69) is 25.9 Å². The van der Waals surface area contributed by atoms with Gasteiger partial charge >= 0.3 is 0 Å². The lowest BCUT2D eigenvalue weighted by Gasteiger charge is -2.23. The Morgan fingerprint density at radius 2 is 1.92 bits per heavy atom. The molecule has 0 rings (SSSR count). The minimum atomic E-state index is 0.384. The van der Waals surface area contributed by atoms with Crippen molar-refractivity contribution in [3.63, 3.8) is 0 Å². The quantitative estimate of drug-likeness (QED) is 0.607. The van der Waals surface area contributed by atoms with Gasteiger partial charge < -0.3 is 4.90 Å². The predicted molar refractivity (Wildman–Crippen MR) is 56.9 cm³/mol. The van der Waals surface area contributed by atoms with Crippen molar-refractivity contribution in [2.45, 2.75) is 52.0 Å². The van der Waals surface area contributed by atoms with Gasteiger partial charge in [0.1, 0.15) is 5.78 Å². The number of carbonyl (C=O) groups excluding carboxylic acids is 1. The summed E-state index contributed by atoms with van der Waals surface area (Å²) in [7, 11) is 4.12. The molecule has 0 heterocycles. The molecule has 1 atom stereocenters. The highest BCUT2D eigenvalue weighted by molar-refractivity contribution is 5.78. The molecule has 0 amide bonds. The molecule has 13 heavy (non-hydrogen) atoms. The van der Waals surface area contributed by atoms with Crippen molar-refractivity contribution in [3.8, 4) is 0 Å². The lowest BCUT2D eigenvalue weighted by atomic mass is 10.0. The van der Waals surface area contributed by atoms with Crippen molar-refractivity contribution in [3.05, 3.63) is 0 Å². The summed E-state index contributed by atoms with van der Waals surface area (Å²) in [5.74, 6) is 0.384. The van der Waals surface area contributed by atoms with E-state index in [1.165, 1.54) is 12.8 Å². The lowest BCUT2D eigenvalue weighted by molar-refractivity contribution is -0.119. The molecule has 2 heteroatoms. The van der Waals surface area contributed by atoms with E-state index in [9.17, 15) is 4.79 Å². The van der Waals surface area contributed by atoms with Crippen molar-refractivity contribution < 1.29 is 4.79 Å².